The number of nitrogens with zero attached hydrogens (tertiary/aromatic N) is 4. The molecule has 0 radical (unpaired) electrons. The molecule has 0 amide bonds. The highest BCUT2D eigenvalue weighted by atomic mass is 35.5. The molecule has 100 valence electrons. The van der Waals surface area contributed by atoms with Gasteiger partial charge in [0.2, 0.25) is 0 Å². The van der Waals surface area contributed by atoms with Crippen molar-refractivity contribution in [2.24, 2.45) is 5.92 Å². The fraction of sp³-hybridized carbons (Fsp3) is 0.333. The number of hydrogen-bond acceptors (Lipinski definition) is 4. The van der Waals surface area contributed by atoms with E-state index in [0.717, 1.165) is 5.56 Å². The quantitative estimate of drug-likeness (QED) is 0.929. The van der Waals surface area contributed by atoms with Crippen LogP contribution in [0.2, 0.25) is 5.02 Å². The Labute approximate surface area is 115 Å². The van der Waals surface area contributed by atoms with Gasteiger partial charge in [-0.1, -0.05) is 25.4 Å². The Bertz CT molecular complexity index is 580. The molecule has 1 aromatic heterocycles. The fourth-order valence-corrected chi connectivity index (χ4v) is 1.97. The van der Waals surface area contributed by atoms with E-state index < -0.39 is 12.0 Å². The zero-order chi connectivity index (χ0) is 14.0. The normalized spacial score (nSPS) is 12.6. The third kappa shape index (κ3) is 2.73. The number of carbonyl (C=O) groups is 1. The molecule has 0 saturated heterocycles. The summed E-state index contributed by atoms with van der Waals surface area (Å²) in [6.45, 7) is 3.62. The number of aromatic nitrogens is 4. The molecule has 0 saturated carbocycles. The van der Waals surface area contributed by atoms with E-state index in [9.17, 15) is 9.90 Å². The highest BCUT2D eigenvalue weighted by Crippen LogP contribution is 2.24. The summed E-state index contributed by atoms with van der Waals surface area (Å²) in [5.41, 5.74) is 0.723. The summed E-state index contributed by atoms with van der Waals surface area (Å²) in [5, 5.41) is 21.2. The van der Waals surface area contributed by atoms with Gasteiger partial charge in [0.1, 0.15) is 0 Å². The van der Waals surface area contributed by atoms with Gasteiger partial charge < -0.3 is 5.11 Å². The maximum atomic E-state index is 11.3. The van der Waals surface area contributed by atoms with Gasteiger partial charge in [0.15, 0.2) is 11.9 Å². The van der Waals surface area contributed by atoms with Crippen LogP contribution in [0.4, 0.5) is 0 Å². The molecule has 0 aliphatic carbocycles. The van der Waals surface area contributed by atoms with Crippen LogP contribution in [0.1, 0.15) is 19.9 Å². The molecule has 19 heavy (non-hydrogen) atoms. The van der Waals surface area contributed by atoms with Crippen molar-refractivity contribution in [2.75, 3.05) is 0 Å². The molecule has 1 aromatic carbocycles. The van der Waals surface area contributed by atoms with Gasteiger partial charge in [-0.2, -0.15) is 0 Å². The summed E-state index contributed by atoms with van der Waals surface area (Å²) in [6.07, 6.45) is 0. The van der Waals surface area contributed by atoms with E-state index in [-0.39, 0.29) is 5.92 Å². The Hall–Kier alpha value is -1.95. The number of benzene rings is 1. The molecule has 0 aliphatic rings. The minimum Gasteiger partial charge on any atom is -0.480 e. The lowest BCUT2D eigenvalue weighted by Crippen LogP contribution is -2.26. The summed E-state index contributed by atoms with van der Waals surface area (Å²) in [6, 6.07) is 6.12. The van der Waals surface area contributed by atoms with Crippen LogP contribution in [0.15, 0.2) is 24.3 Å². The summed E-state index contributed by atoms with van der Waals surface area (Å²) < 4.78 is 1.33. The standard InChI is InChI=1S/C12H13ClN4O2/c1-7(2)10(12(18)19)17-11(14-15-16-17)8-3-5-9(13)6-4-8/h3-7,10H,1-2H3,(H,18,19). The van der Waals surface area contributed by atoms with E-state index in [1.54, 1.807) is 24.3 Å². The van der Waals surface area contributed by atoms with Gasteiger partial charge in [-0.15, -0.1) is 5.10 Å². The Morgan fingerprint density at radius 3 is 2.47 bits per heavy atom. The Morgan fingerprint density at radius 2 is 1.95 bits per heavy atom. The van der Waals surface area contributed by atoms with Gasteiger partial charge in [-0.25, -0.2) is 9.48 Å². The number of aliphatic carboxylic acids is 1. The van der Waals surface area contributed by atoms with Crippen LogP contribution in [-0.2, 0) is 4.79 Å². The van der Waals surface area contributed by atoms with Crippen molar-refractivity contribution < 1.29 is 9.90 Å². The lowest BCUT2D eigenvalue weighted by molar-refractivity contribution is -0.142. The van der Waals surface area contributed by atoms with E-state index in [1.165, 1.54) is 4.68 Å². The third-order valence-corrected chi connectivity index (χ3v) is 3.00. The van der Waals surface area contributed by atoms with Crippen molar-refractivity contribution >= 4 is 17.6 Å². The van der Waals surface area contributed by atoms with E-state index >= 15 is 0 Å². The van der Waals surface area contributed by atoms with Crippen molar-refractivity contribution in [1.82, 2.24) is 20.2 Å². The maximum Gasteiger partial charge on any atom is 0.328 e. The molecule has 0 aliphatic heterocycles. The zero-order valence-corrected chi connectivity index (χ0v) is 11.2. The molecule has 6 nitrogen and oxygen atoms in total. The SMILES string of the molecule is CC(C)C(C(=O)O)n1nnnc1-c1ccc(Cl)cc1. The number of halogens is 1. The van der Waals surface area contributed by atoms with Gasteiger partial charge in [0, 0.05) is 10.6 Å². The van der Waals surface area contributed by atoms with Crippen molar-refractivity contribution in [1.29, 1.82) is 0 Å². The predicted octanol–water partition coefficient (Wildman–Crippen LogP) is 2.28. The molecule has 7 heteroatoms. The average molecular weight is 281 g/mol. The Balaban J connectivity index is 2.47. The van der Waals surface area contributed by atoms with Gasteiger partial charge >= 0.3 is 5.97 Å². The summed E-state index contributed by atoms with van der Waals surface area (Å²) >= 11 is 5.82. The van der Waals surface area contributed by atoms with Gasteiger partial charge in [0.25, 0.3) is 0 Å². The maximum absolute atomic E-state index is 11.3. The average Bonchev–Trinajstić information content (AvgIpc) is 2.78. The van der Waals surface area contributed by atoms with Gasteiger partial charge in [0.05, 0.1) is 0 Å². The van der Waals surface area contributed by atoms with Crippen LogP contribution in [0, 0.1) is 5.92 Å². The van der Waals surface area contributed by atoms with E-state index in [1.807, 2.05) is 13.8 Å². The topological polar surface area (TPSA) is 80.9 Å². The number of hydrogen-bond donors (Lipinski definition) is 1. The summed E-state index contributed by atoms with van der Waals surface area (Å²) in [7, 11) is 0. The zero-order valence-electron chi connectivity index (χ0n) is 10.5. The molecule has 0 bridgehead atoms. The van der Waals surface area contributed by atoms with Crippen LogP contribution in [-0.4, -0.2) is 31.3 Å². The molecule has 2 rings (SSSR count). The number of tetrazole rings is 1. The Kier molecular flexibility index (Phi) is 3.80. The third-order valence-electron chi connectivity index (χ3n) is 2.74. The monoisotopic (exact) mass is 280 g/mol. The van der Waals surface area contributed by atoms with Crippen LogP contribution < -0.4 is 0 Å². The van der Waals surface area contributed by atoms with Gasteiger partial charge in [-0.05, 0) is 40.6 Å². The van der Waals surface area contributed by atoms with Gasteiger partial charge in [-0.3, -0.25) is 0 Å². The molecular formula is C12H13ClN4O2. The van der Waals surface area contributed by atoms with E-state index in [0.29, 0.717) is 10.8 Å². The van der Waals surface area contributed by atoms with Crippen molar-refractivity contribution in [3.05, 3.63) is 29.3 Å². The minimum atomic E-state index is -0.961. The smallest absolute Gasteiger partial charge is 0.328 e. The molecule has 1 atom stereocenters. The van der Waals surface area contributed by atoms with Crippen LogP contribution in [0.5, 0.6) is 0 Å². The second kappa shape index (κ2) is 5.36. The number of rotatable bonds is 4. The molecule has 0 spiro atoms. The highest BCUT2D eigenvalue weighted by Gasteiger charge is 2.28. The first-order chi connectivity index (χ1) is 9.00. The fourth-order valence-electron chi connectivity index (χ4n) is 1.84. The van der Waals surface area contributed by atoms with Crippen LogP contribution in [0.25, 0.3) is 11.4 Å². The number of carboxylic acids is 1. The first-order valence-corrected chi connectivity index (χ1v) is 6.15. The van der Waals surface area contributed by atoms with E-state index in [2.05, 4.69) is 15.5 Å². The number of carboxylic acid groups (broad SMARTS) is 1. The first-order valence-electron chi connectivity index (χ1n) is 5.77. The minimum absolute atomic E-state index is 0.132. The summed E-state index contributed by atoms with van der Waals surface area (Å²) in [4.78, 5) is 11.3. The molecule has 1 unspecified atom stereocenters. The summed E-state index contributed by atoms with van der Waals surface area (Å²) in [5.74, 6) is -0.678. The lowest BCUT2D eigenvalue weighted by atomic mass is 10.0. The van der Waals surface area contributed by atoms with Crippen molar-refractivity contribution in [3.63, 3.8) is 0 Å². The molecular weight excluding hydrogens is 268 g/mol. The predicted molar refractivity (Wildman–Crippen MR) is 69.8 cm³/mol. The highest BCUT2D eigenvalue weighted by molar-refractivity contribution is 6.30. The first kappa shape index (κ1) is 13.5. The van der Waals surface area contributed by atoms with Crippen molar-refractivity contribution in [3.8, 4) is 11.4 Å². The molecule has 2 aromatic rings. The van der Waals surface area contributed by atoms with Crippen LogP contribution >= 0.6 is 11.6 Å². The Morgan fingerprint density at radius 1 is 1.32 bits per heavy atom. The molecule has 1 heterocycles. The van der Waals surface area contributed by atoms with Crippen molar-refractivity contribution in [2.45, 2.75) is 19.9 Å². The second-order valence-corrected chi connectivity index (χ2v) is 4.92. The molecule has 0 fully saturated rings. The molecule has 1 N–H and O–H groups in total. The van der Waals surface area contributed by atoms with Crippen LogP contribution in [0.3, 0.4) is 0 Å². The lowest BCUT2D eigenvalue weighted by Gasteiger charge is -2.17. The van der Waals surface area contributed by atoms with E-state index in [4.69, 9.17) is 11.6 Å². The largest absolute Gasteiger partial charge is 0.480 e. The second-order valence-electron chi connectivity index (χ2n) is 4.48.